The smallest absolute Gasteiger partial charge is 0.410 e. The van der Waals surface area contributed by atoms with Crippen molar-refractivity contribution in [1.29, 1.82) is 0 Å². The first-order valence-electron chi connectivity index (χ1n) is 11.3. The van der Waals surface area contributed by atoms with Gasteiger partial charge >= 0.3 is 16.2 Å². The number of amides is 1. The van der Waals surface area contributed by atoms with E-state index in [1.165, 1.54) is 36.2 Å². The van der Waals surface area contributed by atoms with Gasteiger partial charge in [-0.3, -0.25) is 0 Å². The Hall–Kier alpha value is -3.56. The van der Waals surface area contributed by atoms with Crippen LogP contribution in [0.4, 0.5) is 4.79 Å². The Morgan fingerprint density at radius 2 is 1.39 bits per heavy atom. The normalized spacial score (nSPS) is 12.5. The van der Waals surface area contributed by atoms with Gasteiger partial charge in [-0.1, -0.05) is 36.4 Å². The summed E-state index contributed by atoms with van der Waals surface area (Å²) in [6, 6.07) is 19.8. The molecule has 1 N–H and O–H groups in total. The highest BCUT2D eigenvalue weighted by molar-refractivity contribution is 7.87. The summed E-state index contributed by atoms with van der Waals surface area (Å²) in [6.45, 7) is 5.29. The highest BCUT2D eigenvalue weighted by atomic mass is 32.2. The molecule has 36 heavy (non-hydrogen) atoms. The summed E-state index contributed by atoms with van der Waals surface area (Å²) in [7, 11) is -0.934. The third-order valence-electron chi connectivity index (χ3n) is 5.19. The molecule has 0 heterocycles. The number of rotatable bonds is 8. The van der Waals surface area contributed by atoms with Crippen molar-refractivity contribution in [2.24, 2.45) is 0 Å². The van der Waals surface area contributed by atoms with Gasteiger partial charge in [-0.25, -0.2) is 4.79 Å². The molecule has 0 aromatic heterocycles. The van der Waals surface area contributed by atoms with Crippen LogP contribution in [0.3, 0.4) is 0 Å². The summed E-state index contributed by atoms with van der Waals surface area (Å²) in [5, 5.41) is 10.5. The first-order valence-corrected chi connectivity index (χ1v) is 12.7. The van der Waals surface area contributed by atoms with Gasteiger partial charge in [-0.15, -0.1) is 0 Å². The summed E-state index contributed by atoms with van der Waals surface area (Å²) in [6.07, 6.45) is -1.54. The number of likely N-dealkylation sites (N-methyl/N-ethyl adjacent to an activating group) is 1. The minimum Gasteiger partial charge on any atom is -0.497 e. The number of benzene rings is 3. The van der Waals surface area contributed by atoms with E-state index < -0.39 is 27.9 Å². The lowest BCUT2D eigenvalue weighted by Gasteiger charge is -2.26. The van der Waals surface area contributed by atoms with E-state index in [0.717, 1.165) is 16.9 Å². The van der Waals surface area contributed by atoms with E-state index in [-0.39, 0.29) is 17.2 Å². The van der Waals surface area contributed by atoms with Crippen LogP contribution in [0.5, 0.6) is 11.5 Å². The molecule has 0 bridgehead atoms. The van der Waals surface area contributed by atoms with Crippen LogP contribution >= 0.6 is 0 Å². The maximum atomic E-state index is 12.7. The van der Waals surface area contributed by atoms with Crippen molar-refractivity contribution in [2.75, 3.05) is 20.7 Å². The van der Waals surface area contributed by atoms with Gasteiger partial charge in [-0.05, 0) is 73.9 Å². The number of hydrogen-bond acceptors (Lipinski definition) is 7. The minimum absolute atomic E-state index is 0.00790. The number of aliphatic hydroxyl groups is 1. The van der Waals surface area contributed by atoms with Crippen LogP contribution in [-0.2, 0) is 14.9 Å². The van der Waals surface area contributed by atoms with Crippen LogP contribution < -0.4 is 8.92 Å². The lowest BCUT2D eigenvalue weighted by molar-refractivity contribution is 0.0205. The first kappa shape index (κ1) is 27.0. The SMILES string of the molecule is COc1ccc(-c2ccc(S(=O)(=O)Oc3ccc(C(O)CN(C)C(=O)OC(C)(C)C)cc3)cc2)cc1. The molecule has 0 spiro atoms. The number of hydrogen-bond donors (Lipinski definition) is 1. The fourth-order valence-electron chi connectivity index (χ4n) is 3.30. The molecule has 1 unspecified atom stereocenters. The van der Waals surface area contributed by atoms with Crippen molar-refractivity contribution in [3.63, 3.8) is 0 Å². The number of aliphatic hydroxyl groups excluding tert-OH is 1. The Labute approximate surface area is 212 Å². The molecule has 9 heteroatoms. The Morgan fingerprint density at radius 1 is 0.889 bits per heavy atom. The number of nitrogens with zero attached hydrogens (tertiary/aromatic N) is 1. The fraction of sp³-hybridized carbons (Fsp3) is 0.296. The lowest BCUT2D eigenvalue weighted by atomic mass is 10.1. The molecule has 3 aromatic carbocycles. The van der Waals surface area contributed by atoms with Gasteiger partial charge in [0.15, 0.2) is 0 Å². The molecule has 0 saturated carbocycles. The average Bonchev–Trinajstić information content (AvgIpc) is 2.83. The summed E-state index contributed by atoms with van der Waals surface area (Å²) in [5.74, 6) is 0.839. The summed E-state index contributed by atoms with van der Waals surface area (Å²) in [5.41, 5.74) is 1.63. The van der Waals surface area contributed by atoms with Gasteiger partial charge < -0.3 is 23.7 Å². The van der Waals surface area contributed by atoms with Gasteiger partial charge in [0.25, 0.3) is 0 Å². The van der Waals surface area contributed by atoms with E-state index in [4.69, 9.17) is 13.7 Å². The maximum absolute atomic E-state index is 12.7. The maximum Gasteiger partial charge on any atom is 0.410 e. The van der Waals surface area contributed by atoms with Crippen molar-refractivity contribution in [2.45, 2.75) is 37.4 Å². The second-order valence-electron chi connectivity index (χ2n) is 9.24. The number of methoxy groups -OCH3 is 1. The molecule has 0 radical (unpaired) electrons. The molecule has 192 valence electrons. The molecule has 1 amide bonds. The molecule has 1 atom stereocenters. The molecule has 0 aliphatic rings. The third-order valence-corrected chi connectivity index (χ3v) is 6.45. The zero-order valence-electron chi connectivity index (χ0n) is 21.0. The van der Waals surface area contributed by atoms with Crippen LogP contribution in [0.25, 0.3) is 11.1 Å². The van der Waals surface area contributed by atoms with E-state index in [1.807, 2.05) is 24.3 Å². The monoisotopic (exact) mass is 513 g/mol. The summed E-state index contributed by atoms with van der Waals surface area (Å²) >= 11 is 0. The zero-order chi connectivity index (χ0) is 26.5. The molecular formula is C27H31NO7S. The second-order valence-corrected chi connectivity index (χ2v) is 10.8. The minimum atomic E-state index is -4.06. The molecule has 0 saturated heterocycles. The van der Waals surface area contributed by atoms with Gasteiger partial charge in [0, 0.05) is 7.05 Å². The number of carbonyl (C=O) groups excluding carboxylic acids is 1. The fourth-order valence-corrected chi connectivity index (χ4v) is 4.23. The van der Waals surface area contributed by atoms with E-state index in [1.54, 1.807) is 52.1 Å². The molecule has 8 nitrogen and oxygen atoms in total. The van der Waals surface area contributed by atoms with Crippen molar-refractivity contribution in [3.05, 3.63) is 78.4 Å². The average molecular weight is 514 g/mol. The predicted molar refractivity (Wildman–Crippen MR) is 137 cm³/mol. The van der Waals surface area contributed by atoms with Crippen LogP contribution in [0.2, 0.25) is 0 Å². The van der Waals surface area contributed by atoms with Crippen molar-refractivity contribution in [1.82, 2.24) is 4.90 Å². The summed E-state index contributed by atoms with van der Waals surface area (Å²) in [4.78, 5) is 13.4. The van der Waals surface area contributed by atoms with Gasteiger partial charge in [0.2, 0.25) is 0 Å². The molecule has 0 fully saturated rings. The Bertz CT molecular complexity index is 1260. The molecule has 3 aromatic rings. The second kappa shape index (κ2) is 11.0. The van der Waals surface area contributed by atoms with E-state index >= 15 is 0 Å². The lowest BCUT2D eigenvalue weighted by Crippen LogP contribution is -2.36. The standard InChI is InChI=1S/C27H31NO7S/c1-27(2,3)34-26(30)28(4)18-25(29)21-8-14-23(15-9-21)35-36(31,32)24-16-10-20(11-17-24)19-6-12-22(33-5)13-7-19/h6-17,25,29H,18H2,1-5H3. The highest BCUT2D eigenvalue weighted by Crippen LogP contribution is 2.26. The Morgan fingerprint density at radius 3 is 1.89 bits per heavy atom. The van der Waals surface area contributed by atoms with E-state index in [9.17, 15) is 18.3 Å². The topological polar surface area (TPSA) is 102 Å². The van der Waals surface area contributed by atoms with Crippen LogP contribution in [-0.4, -0.2) is 50.8 Å². The van der Waals surface area contributed by atoms with Gasteiger partial charge in [0.1, 0.15) is 22.0 Å². The first-order chi connectivity index (χ1) is 16.9. The van der Waals surface area contributed by atoms with E-state index in [0.29, 0.717) is 5.56 Å². The Kier molecular flexibility index (Phi) is 8.27. The molecule has 3 rings (SSSR count). The van der Waals surface area contributed by atoms with E-state index in [2.05, 4.69) is 0 Å². The van der Waals surface area contributed by atoms with Crippen LogP contribution in [0, 0.1) is 0 Å². The van der Waals surface area contributed by atoms with Crippen molar-refractivity contribution < 1.29 is 32.0 Å². The third kappa shape index (κ3) is 7.22. The molecule has 0 aliphatic carbocycles. The Balaban J connectivity index is 1.64. The van der Waals surface area contributed by atoms with Crippen molar-refractivity contribution >= 4 is 16.2 Å². The van der Waals surface area contributed by atoms with Gasteiger partial charge in [-0.2, -0.15) is 8.42 Å². The number of carbonyl (C=O) groups is 1. The van der Waals surface area contributed by atoms with Crippen LogP contribution in [0.15, 0.2) is 77.7 Å². The van der Waals surface area contributed by atoms with Gasteiger partial charge in [0.05, 0.1) is 19.8 Å². The predicted octanol–water partition coefficient (Wildman–Crippen LogP) is 5.03. The number of ether oxygens (including phenoxy) is 2. The highest BCUT2D eigenvalue weighted by Gasteiger charge is 2.22. The quantitative estimate of drug-likeness (QED) is 0.422. The molecular weight excluding hydrogens is 482 g/mol. The zero-order valence-corrected chi connectivity index (χ0v) is 21.8. The van der Waals surface area contributed by atoms with Crippen LogP contribution in [0.1, 0.15) is 32.4 Å². The molecule has 0 aliphatic heterocycles. The van der Waals surface area contributed by atoms with Crippen molar-refractivity contribution in [3.8, 4) is 22.6 Å². The summed E-state index contributed by atoms with van der Waals surface area (Å²) < 4.78 is 41.2. The largest absolute Gasteiger partial charge is 0.497 e.